The molecule has 0 aliphatic heterocycles. The SMILES string of the molecule is CC(C)/C=N/Nc1ccc(Br)cn1. The standard InChI is InChI=1S/C9H12BrN3/c1-7(2)5-12-13-9-4-3-8(10)6-11-9/h3-7H,1-2H3,(H,11,13)/b12-5+. The summed E-state index contributed by atoms with van der Waals surface area (Å²) in [7, 11) is 0. The quantitative estimate of drug-likeness (QED) is 0.653. The van der Waals surface area contributed by atoms with E-state index < -0.39 is 0 Å². The topological polar surface area (TPSA) is 37.3 Å². The molecule has 3 nitrogen and oxygen atoms in total. The number of hydrogen-bond acceptors (Lipinski definition) is 3. The van der Waals surface area contributed by atoms with Gasteiger partial charge in [-0.25, -0.2) is 4.98 Å². The maximum absolute atomic E-state index is 4.10. The average Bonchev–Trinajstić information content (AvgIpc) is 2.08. The molecule has 0 saturated carbocycles. The number of hydrogen-bond donors (Lipinski definition) is 1. The fourth-order valence-electron chi connectivity index (χ4n) is 0.694. The molecule has 0 bridgehead atoms. The van der Waals surface area contributed by atoms with Crippen molar-refractivity contribution in [2.75, 3.05) is 5.43 Å². The van der Waals surface area contributed by atoms with Gasteiger partial charge >= 0.3 is 0 Å². The van der Waals surface area contributed by atoms with Gasteiger partial charge in [-0.3, -0.25) is 5.43 Å². The van der Waals surface area contributed by atoms with Crippen LogP contribution in [0.2, 0.25) is 0 Å². The molecular weight excluding hydrogens is 230 g/mol. The van der Waals surface area contributed by atoms with Gasteiger partial charge in [-0.1, -0.05) is 13.8 Å². The maximum atomic E-state index is 4.10. The van der Waals surface area contributed by atoms with E-state index in [1.807, 2.05) is 18.3 Å². The van der Waals surface area contributed by atoms with Gasteiger partial charge in [0.2, 0.25) is 0 Å². The highest BCUT2D eigenvalue weighted by Crippen LogP contribution is 2.10. The Morgan fingerprint density at radius 3 is 2.85 bits per heavy atom. The van der Waals surface area contributed by atoms with Gasteiger partial charge in [-0.2, -0.15) is 5.10 Å². The van der Waals surface area contributed by atoms with E-state index in [2.05, 4.69) is 45.3 Å². The lowest BCUT2D eigenvalue weighted by atomic mass is 10.3. The van der Waals surface area contributed by atoms with Crippen LogP contribution in [0.1, 0.15) is 13.8 Å². The summed E-state index contributed by atoms with van der Waals surface area (Å²) < 4.78 is 0.964. The van der Waals surface area contributed by atoms with Crippen LogP contribution in [0.3, 0.4) is 0 Å². The Morgan fingerprint density at radius 1 is 1.54 bits per heavy atom. The zero-order valence-electron chi connectivity index (χ0n) is 7.66. The smallest absolute Gasteiger partial charge is 0.146 e. The van der Waals surface area contributed by atoms with E-state index in [0.717, 1.165) is 10.3 Å². The van der Waals surface area contributed by atoms with E-state index >= 15 is 0 Å². The third-order valence-corrected chi connectivity index (χ3v) is 1.75. The first-order valence-electron chi connectivity index (χ1n) is 4.09. The van der Waals surface area contributed by atoms with Crippen molar-refractivity contribution in [3.63, 3.8) is 0 Å². The van der Waals surface area contributed by atoms with Gasteiger partial charge in [0, 0.05) is 16.9 Å². The summed E-state index contributed by atoms with van der Waals surface area (Å²) in [6.45, 7) is 4.14. The lowest BCUT2D eigenvalue weighted by Gasteiger charge is -1.99. The predicted molar refractivity (Wildman–Crippen MR) is 58.9 cm³/mol. The van der Waals surface area contributed by atoms with E-state index in [4.69, 9.17) is 0 Å². The summed E-state index contributed by atoms with van der Waals surface area (Å²) in [6.07, 6.45) is 3.57. The first-order valence-corrected chi connectivity index (χ1v) is 4.88. The van der Waals surface area contributed by atoms with E-state index in [0.29, 0.717) is 5.92 Å². The van der Waals surface area contributed by atoms with E-state index in [-0.39, 0.29) is 0 Å². The van der Waals surface area contributed by atoms with Gasteiger partial charge < -0.3 is 0 Å². The molecule has 0 spiro atoms. The van der Waals surface area contributed by atoms with Crippen molar-refractivity contribution >= 4 is 28.0 Å². The summed E-state index contributed by atoms with van der Waals surface area (Å²) in [4.78, 5) is 4.10. The molecule has 0 atom stereocenters. The predicted octanol–water partition coefficient (Wildman–Crippen LogP) is 2.90. The Hall–Kier alpha value is -0.900. The van der Waals surface area contributed by atoms with Crippen LogP contribution in [-0.2, 0) is 0 Å². The van der Waals surface area contributed by atoms with Crippen molar-refractivity contribution in [1.82, 2.24) is 4.98 Å². The zero-order valence-corrected chi connectivity index (χ0v) is 9.25. The van der Waals surface area contributed by atoms with Gasteiger partial charge in [0.15, 0.2) is 0 Å². The molecule has 4 heteroatoms. The lowest BCUT2D eigenvalue weighted by molar-refractivity contribution is 0.903. The first kappa shape index (κ1) is 10.2. The molecule has 0 aliphatic carbocycles. The Balaban J connectivity index is 2.50. The highest BCUT2D eigenvalue weighted by Gasteiger charge is 1.90. The molecule has 0 radical (unpaired) electrons. The lowest BCUT2D eigenvalue weighted by Crippen LogP contribution is -1.95. The van der Waals surface area contributed by atoms with Crippen LogP contribution in [0.5, 0.6) is 0 Å². The third kappa shape index (κ3) is 4.03. The molecule has 0 unspecified atom stereocenters. The molecule has 1 N–H and O–H groups in total. The van der Waals surface area contributed by atoms with Gasteiger partial charge in [0.25, 0.3) is 0 Å². The second-order valence-electron chi connectivity index (χ2n) is 3.00. The van der Waals surface area contributed by atoms with Gasteiger partial charge in [-0.05, 0) is 34.0 Å². The van der Waals surface area contributed by atoms with E-state index in [9.17, 15) is 0 Å². The number of halogens is 1. The van der Waals surface area contributed by atoms with Crippen LogP contribution in [0.25, 0.3) is 0 Å². The van der Waals surface area contributed by atoms with Crippen LogP contribution < -0.4 is 5.43 Å². The summed E-state index contributed by atoms with van der Waals surface area (Å²) >= 11 is 3.31. The molecule has 0 amide bonds. The number of nitrogens with one attached hydrogen (secondary N) is 1. The van der Waals surface area contributed by atoms with Crippen molar-refractivity contribution in [2.45, 2.75) is 13.8 Å². The highest BCUT2D eigenvalue weighted by molar-refractivity contribution is 9.10. The van der Waals surface area contributed by atoms with Gasteiger partial charge in [-0.15, -0.1) is 0 Å². The molecule has 1 aromatic heterocycles. The minimum Gasteiger partial charge on any atom is -0.262 e. The van der Waals surface area contributed by atoms with Crippen molar-refractivity contribution in [2.24, 2.45) is 11.0 Å². The minimum absolute atomic E-state index is 0.447. The van der Waals surface area contributed by atoms with Crippen LogP contribution in [-0.4, -0.2) is 11.2 Å². The molecule has 1 rings (SSSR count). The maximum Gasteiger partial charge on any atom is 0.146 e. The van der Waals surface area contributed by atoms with Crippen molar-refractivity contribution in [3.05, 3.63) is 22.8 Å². The number of nitrogens with zero attached hydrogens (tertiary/aromatic N) is 2. The van der Waals surface area contributed by atoms with Crippen LogP contribution in [0.15, 0.2) is 27.9 Å². The molecule has 0 saturated heterocycles. The Labute approximate surface area is 86.4 Å². The van der Waals surface area contributed by atoms with Crippen LogP contribution in [0, 0.1) is 5.92 Å². The van der Waals surface area contributed by atoms with Gasteiger partial charge in [0.1, 0.15) is 5.82 Å². The van der Waals surface area contributed by atoms with E-state index in [1.54, 1.807) is 6.20 Å². The third-order valence-electron chi connectivity index (χ3n) is 1.28. The molecule has 0 fully saturated rings. The number of pyridine rings is 1. The second-order valence-corrected chi connectivity index (χ2v) is 3.91. The molecule has 13 heavy (non-hydrogen) atoms. The fourth-order valence-corrected chi connectivity index (χ4v) is 0.929. The molecule has 70 valence electrons. The van der Waals surface area contributed by atoms with Crippen molar-refractivity contribution < 1.29 is 0 Å². The fraction of sp³-hybridized carbons (Fsp3) is 0.333. The van der Waals surface area contributed by atoms with Crippen molar-refractivity contribution in [3.8, 4) is 0 Å². The number of rotatable bonds is 3. The van der Waals surface area contributed by atoms with E-state index in [1.165, 1.54) is 0 Å². The summed E-state index contributed by atoms with van der Waals surface area (Å²) in [6, 6.07) is 3.78. The number of aromatic nitrogens is 1. The van der Waals surface area contributed by atoms with Crippen molar-refractivity contribution in [1.29, 1.82) is 0 Å². The van der Waals surface area contributed by atoms with Gasteiger partial charge in [0.05, 0.1) is 0 Å². The Bertz CT molecular complexity index is 279. The highest BCUT2D eigenvalue weighted by atomic mass is 79.9. The summed E-state index contributed by atoms with van der Waals surface area (Å²) in [5.41, 5.74) is 2.84. The minimum atomic E-state index is 0.447. The monoisotopic (exact) mass is 241 g/mol. The normalized spacial score (nSPS) is 11.1. The first-order chi connectivity index (χ1) is 6.18. The number of hydrazone groups is 1. The molecule has 1 aromatic rings. The second kappa shape index (κ2) is 4.97. The van der Waals surface area contributed by atoms with Crippen LogP contribution >= 0.6 is 15.9 Å². The Morgan fingerprint density at radius 2 is 2.31 bits per heavy atom. The largest absolute Gasteiger partial charge is 0.262 e. The average molecular weight is 242 g/mol. The number of anilines is 1. The summed E-state index contributed by atoms with van der Waals surface area (Å²) in [5, 5.41) is 4.02. The van der Waals surface area contributed by atoms with Crippen LogP contribution in [0.4, 0.5) is 5.82 Å². The molecule has 1 heterocycles. The molecular formula is C9H12BrN3. The molecule has 0 aliphatic rings. The Kier molecular flexibility index (Phi) is 3.89. The summed E-state index contributed by atoms with van der Waals surface area (Å²) in [5.74, 6) is 1.20. The zero-order chi connectivity index (χ0) is 9.68. The molecule has 0 aromatic carbocycles.